The van der Waals surface area contributed by atoms with E-state index in [1.54, 1.807) is 10.9 Å². The number of aromatic carboxylic acids is 1. The van der Waals surface area contributed by atoms with Crippen LogP contribution in [-0.4, -0.2) is 30.6 Å². The van der Waals surface area contributed by atoms with Gasteiger partial charge in [0, 0.05) is 0 Å². The van der Waals surface area contributed by atoms with Gasteiger partial charge in [0.15, 0.2) is 5.82 Å². The molecule has 6 nitrogen and oxygen atoms in total. The first-order chi connectivity index (χ1) is 8.30. The highest BCUT2D eigenvalue weighted by Crippen LogP contribution is 2.23. The molecule has 0 saturated carbocycles. The Labute approximate surface area is 109 Å². The first-order valence-corrected chi connectivity index (χ1v) is 5.71. The summed E-state index contributed by atoms with van der Waals surface area (Å²) in [6, 6.07) is 0. The fourth-order valence-corrected chi connectivity index (χ4v) is 1.76. The highest BCUT2D eigenvalue weighted by Gasteiger charge is 2.25. The zero-order valence-corrected chi connectivity index (χ0v) is 11.0. The van der Waals surface area contributed by atoms with Gasteiger partial charge < -0.3 is 5.11 Å². The van der Waals surface area contributed by atoms with E-state index in [-0.39, 0.29) is 11.1 Å². The Bertz CT molecular complexity index is 594. The van der Waals surface area contributed by atoms with Gasteiger partial charge in [-0.05, 0) is 20.8 Å². The molecule has 0 spiro atoms. The molecule has 0 amide bonds. The van der Waals surface area contributed by atoms with Crippen LogP contribution in [0.15, 0.2) is 18.6 Å². The summed E-state index contributed by atoms with van der Waals surface area (Å²) in [5.74, 6) is -0.658. The van der Waals surface area contributed by atoms with Gasteiger partial charge >= 0.3 is 5.97 Å². The number of carboxylic acids is 1. The lowest BCUT2D eigenvalue weighted by Crippen LogP contribution is -2.26. The highest BCUT2D eigenvalue weighted by atomic mass is 35.5. The third-order valence-corrected chi connectivity index (χ3v) is 2.57. The summed E-state index contributed by atoms with van der Waals surface area (Å²) in [4.78, 5) is 11.2. The van der Waals surface area contributed by atoms with Crippen LogP contribution >= 0.6 is 11.6 Å². The van der Waals surface area contributed by atoms with Crippen molar-refractivity contribution in [3.05, 3.63) is 29.2 Å². The fourth-order valence-electron chi connectivity index (χ4n) is 1.62. The van der Waals surface area contributed by atoms with E-state index in [2.05, 4.69) is 10.2 Å². The van der Waals surface area contributed by atoms with E-state index in [0.717, 1.165) is 0 Å². The Morgan fingerprint density at radius 2 is 2.00 bits per heavy atom. The van der Waals surface area contributed by atoms with Crippen LogP contribution in [0, 0.1) is 0 Å². The summed E-state index contributed by atoms with van der Waals surface area (Å²) in [5, 5.41) is 17.8. The summed E-state index contributed by atoms with van der Waals surface area (Å²) in [5.41, 5.74) is -0.272. The van der Waals surface area contributed by atoms with Gasteiger partial charge in [-0.1, -0.05) is 11.6 Å². The van der Waals surface area contributed by atoms with Crippen molar-refractivity contribution in [3.63, 3.8) is 0 Å². The summed E-state index contributed by atoms with van der Waals surface area (Å²) >= 11 is 5.82. The Morgan fingerprint density at radius 1 is 1.33 bits per heavy atom. The Kier molecular flexibility index (Phi) is 2.90. The van der Waals surface area contributed by atoms with Crippen molar-refractivity contribution in [2.45, 2.75) is 26.3 Å². The van der Waals surface area contributed by atoms with Crippen molar-refractivity contribution in [1.82, 2.24) is 19.6 Å². The number of aromatic nitrogens is 4. The molecule has 1 N–H and O–H groups in total. The smallest absolute Gasteiger partial charge is 0.341 e. The van der Waals surface area contributed by atoms with Gasteiger partial charge in [-0.3, -0.25) is 0 Å². The van der Waals surface area contributed by atoms with Crippen LogP contribution in [0.1, 0.15) is 31.1 Å². The Morgan fingerprint density at radius 3 is 2.44 bits per heavy atom. The molecule has 0 unspecified atom stereocenters. The topological polar surface area (TPSA) is 72.9 Å². The molecule has 0 atom stereocenters. The molecule has 0 fully saturated rings. The normalized spacial score (nSPS) is 11.8. The van der Waals surface area contributed by atoms with Crippen LogP contribution < -0.4 is 0 Å². The first-order valence-electron chi connectivity index (χ1n) is 5.33. The SMILES string of the molecule is CC(C)(C)n1ncc(C(=O)O)c1-n1cc(Cl)cn1. The van der Waals surface area contributed by atoms with Crippen molar-refractivity contribution < 1.29 is 9.90 Å². The Balaban J connectivity index is 2.69. The lowest BCUT2D eigenvalue weighted by molar-refractivity contribution is 0.0696. The molecule has 0 radical (unpaired) electrons. The molecule has 0 aliphatic carbocycles. The predicted octanol–water partition coefficient (Wildman–Crippen LogP) is 2.18. The van der Waals surface area contributed by atoms with Crippen molar-refractivity contribution in [2.24, 2.45) is 0 Å². The summed E-state index contributed by atoms with van der Waals surface area (Å²) in [6.45, 7) is 5.79. The highest BCUT2D eigenvalue weighted by molar-refractivity contribution is 6.30. The average molecular weight is 269 g/mol. The van der Waals surface area contributed by atoms with E-state index in [9.17, 15) is 9.90 Å². The van der Waals surface area contributed by atoms with E-state index in [1.807, 2.05) is 20.8 Å². The number of carboxylic acid groups (broad SMARTS) is 1. The molecule has 2 rings (SSSR count). The quantitative estimate of drug-likeness (QED) is 0.906. The van der Waals surface area contributed by atoms with Gasteiger partial charge in [-0.25, -0.2) is 14.2 Å². The number of rotatable bonds is 2. The molecule has 2 heterocycles. The van der Waals surface area contributed by atoms with Gasteiger partial charge in [-0.2, -0.15) is 10.2 Å². The van der Waals surface area contributed by atoms with E-state index in [0.29, 0.717) is 10.8 Å². The largest absolute Gasteiger partial charge is 0.477 e. The number of carbonyl (C=O) groups is 1. The van der Waals surface area contributed by atoms with Crippen LogP contribution in [0.4, 0.5) is 0 Å². The van der Waals surface area contributed by atoms with E-state index in [1.165, 1.54) is 17.1 Å². The molecule has 2 aromatic heterocycles. The minimum atomic E-state index is -1.05. The molecule has 96 valence electrons. The second-order valence-corrected chi connectivity index (χ2v) is 5.31. The van der Waals surface area contributed by atoms with E-state index < -0.39 is 5.97 Å². The molecular formula is C11H13ClN4O2. The minimum absolute atomic E-state index is 0.0877. The zero-order valence-electron chi connectivity index (χ0n) is 10.3. The monoisotopic (exact) mass is 268 g/mol. The predicted molar refractivity (Wildman–Crippen MR) is 66.3 cm³/mol. The minimum Gasteiger partial charge on any atom is -0.477 e. The maximum atomic E-state index is 11.2. The molecule has 0 aliphatic heterocycles. The van der Waals surface area contributed by atoms with Gasteiger partial charge in [0.05, 0.1) is 29.2 Å². The molecular weight excluding hydrogens is 256 g/mol. The van der Waals surface area contributed by atoms with Crippen molar-refractivity contribution in [1.29, 1.82) is 0 Å². The number of hydrogen-bond acceptors (Lipinski definition) is 3. The standard InChI is InChI=1S/C11H13ClN4O2/c1-11(2,3)16-9(8(5-14-16)10(17)18)15-6-7(12)4-13-15/h4-6H,1-3H3,(H,17,18). The maximum Gasteiger partial charge on any atom is 0.341 e. The van der Waals surface area contributed by atoms with E-state index in [4.69, 9.17) is 11.6 Å². The third-order valence-electron chi connectivity index (χ3n) is 2.38. The number of hydrogen-bond donors (Lipinski definition) is 1. The molecule has 18 heavy (non-hydrogen) atoms. The van der Waals surface area contributed by atoms with E-state index >= 15 is 0 Å². The molecule has 7 heteroatoms. The fraction of sp³-hybridized carbons (Fsp3) is 0.364. The van der Waals surface area contributed by atoms with Crippen LogP contribution in [0.2, 0.25) is 5.02 Å². The summed E-state index contributed by atoms with van der Waals surface area (Å²) in [7, 11) is 0. The van der Waals surface area contributed by atoms with Gasteiger partial charge in [0.1, 0.15) is 5.56 Å². The third kappa shape index (κ3) is 2.11. The van der Waals surface area contributed by atoms with Gasteiger partial charge in [-0.15, -0.1) is 0 Å². The van der Waals surface area contributed by atoms with Gasteiger partial charge in [0.25, 0.3) is 0 Å². The number of halogens is 1. The average Bonchev–Trinajstić information content (AvgIpc) is 2.80. The summed E-state index contributed by atoms with van der Waals surface area (Å²) in [6.07, 6.45) is 4.32. The maximum absolute atomic E-state index is 11.2. The van der Waals surface area contributed by atoms with Crippen molar-refractivity contribution in [2.75, 3.05) is 0 Å². The molecule has 0 aromatic carbocycles. The van der Waals surface area contributed by atoms with Crippen molar-refractivity contribution in [3.8, 4) is 5.82 Å². The summed E-state index contributed by atoms with van der Waals surface area (Å²) < 4.78 is 3.03. The Hall–Kier alpha value is -1.82. The van der Waals surface area contributed by atoms with Crippen LogP contribution in [0.3, 0.4) is 0 Å². The van der Waals surface area contributed by atoms with Crippen LogP contribution in [0.5, 0.6) is 0 Å². The molecule has 0 aliphatic rings. The number of nitrogens with zero attached hydrogens (tertiary/aromatic N) is 4. The van der Waals surface area contributed by atoms with Crippen molar-refractivity contribution >= 4 is 17.6 Å². The molecule has 0 saturated heterocycles. The second-order valence-electron chi connectivity index (χ2n) is 4.87. The van der Waals surface area contributed by atoms with Crippen LogP contribution in [-0.2, 0) is 5.54 Å². The zero-order chi connectivity index (χ0) is 13.5. The second kappa shape index (κ2) is 4.13. The lowest BCUT2D eigenvalue weighted by atomic mass is 10.1. The molecule has 0 bridgehead atoms. The molecule has 2 aromatic rings. The lowest BCUT2D eigenvalue weighted by Gasteiger charge is -2.22. The van der Waals surface area contributed by atoms with Crippen LogP contribution in [0.25, 0.3) is 5.82 Å². The first kappa shape index (κ1) is 12.6. The van der Waals surface area contributed by atoms with Gasteiger partial charge in [0.2, 0.25) is 0 Å².